The van der Waals surface area contributed by atoms with Crippen LogP contribution in [0.2, 0.25) is 0 Å². The lowest BCUT2D eigenvalue weighted by Gasteiger charge is -2.17. The van der Waals surface area contributed by atoms with Crippen LogP contribution in [0.15, 0.2) is 18.2 Å². The van der Waals surface area contributed by atoms with Crippen molar-refractivity contribution in [2.45, 2.75) is 26.2 Å². The Hall–Kier alpha value is -1.84. The highest BCUT2D eigenvalue weighted by molar-refractivity contribution is 5.93. The maximum Gasteiger partial charge on any atom is 0.352 e. The standard InChI is InChI=1S/C13H16N2O2/c1-13(2,3)10-6-5-8-7-9(12(16)17)15(4)11(8)14-10/h5-7H,1-4H3,(H,16,17). The molecule has 0 bridgehead atoms. The summed E-state index contributed by atoms with van der Waals surface area (Å²) >= 11 is 0. The minimum Gasteiger partial charge on any atom is -0.477 e. The third kappa shape index (κ3) is 1.90. The predicted octanol–water partition coefficient (Wildman–Crippen LogP) is 2.57. The molecule has 2 aromatic heterocycles. The Bertz CT molecular complexity index is 591. The Morgan fingerprint density at radius 1 is 1.35 bits per heavy atom. The second-order valence-corrected chi connectivity index (χ2v) is 5.25. The largest absolute Gasteiger partial charge is 0.477 e. The normalized spacial score (nSPS) is 12.0. The van der Waals surface area contributed by atoms with Crippen molar-refractivity contribution in [2.75, 3.05) is 0 Å². The maximum absolute atomic E-state index is 11.0. The molecular weight excluding hydrogens is 216 g/mol. The van der Waals surface area contributed by atoms with Gasteiger partial charge < -0.3 is 9.67 Å². The molecule has 0 atom stereocenters. The predicted molar refractivity (Wildman–Crippen MR) is 66.4 cm³/mol. The summed E-state index contributed by atoms with van der Waals surface area (Å²) in [7, 11) is 1.73. The quantitative estimate of drug-likeness (QED) is 0.822. The molecule has 0 saturated carbocycles. The van der Waals surface area contributed by atoms with E-state index < -0.39 is 5.97 Å². The van der Waals surface area contributed by atoms with Crippen molar-refractivity contribution in [3.8, 4) is 0 Å². The molecule has 0 aliphatic rings. The third-order valence-corrected chi connectivity index (χ3v) is 2.86. The van der Waals surface area contributed by atoms with Crippen LogP contribution in [0.25, 0.3) is 11.0 Å². The summed E-state index contributed by atoms with van der Waals surface area (Å²) < 4.78 is 1.62. The number of carboxylic acid groups (broad SMARTS) is 1. The zero-order valence-electron chi connectivity index (χ0n) is 10.5. The van der Waals surface area contributed by atoms with Crippen molar-refractivity contribution in [3.05, 3.63) is 29.6 Å². The van der Waals surface area contributed by atoms with Gasteiger partial charge in [0.1, 0.15) is 11.3 Å². The monoisotopic (exact) mass is 232 g/mol. The molecule has 2 rings (SSSR count). The number of hydrogen-bond donors (Lipinski definition) is 1. The lowest BCUT2D eigenvalue weighted by molar-refractivity contribution is 0.0687. The summed E-state index contributed by atoms with van der Waals surface area (Å²) in [5.74, 6) is -0.928. The molecule has 4 heteroatoms. The molecule has 17 heavy (non-hydrogen) atoms. The van der Waals surface area contributed by atoms with Crippen LogP contribution in [0.5, 0.6) is 0 Å². The summed E-state index contributed by atoms with van der Waals surface area (Å²) in [4.78, 5) is 15.6. The van der Waals surface area contributed by atoms with Crippen LogP contribution in [0, 0.1) is 0 Å². The first kappa shape index (κ1) is 11.6. The van der Waals surface area contributed by atoms with Gasteiger partial charge in [-0.3, -0.25) is 0 Å². The highest BCUT2D eigenvalue weighted by Crippen LogP contribution is 2.24. The number of nitrogens with zero attached hydrogens (tertiary/aromatic N) is 2. The minimum atomic E-state index is -0.928. The highest BCUT2D eigenvalue weighted by atomic mass is 16.4. The summed E-state index contributed by atoms with van der Waals surface area (Å²) in [5, 5.41) is 9.91. The fraction of sp³-hybridized carbons (Fsp3) is 0.385. The summed E-state index contributed by atoms with van der Waals surface area (Å²) in [6.07, 6.45) is 0. The smallest absolute Gasteiger partial charge is 0.352 e. The van der Waals surface area contributed by atoms with Crippen LogP contribution in [-0.4, -0.2) is 20.6 Å². The van der Waals surface area contributed by atoms with Gasteiger partial charge in [-0.05, 0) is 18.2 Å². The van der Waals surface area contributed by atoms with E-state index in [0.717, 1.165) is 16.7 Å². The minimum absolute atomic E-state index is 0.0398. The highest BCUT2D eigenvalue weighted by Gasteiger charge is 2.18. The molecule has 0 unspecified atom stereocenters. The summed E-state index contributed by atoms with van der Waals surface area (Å²) in [6, 6.07) is 5.53. The molecule has 0 aliphatic carbocycles. The van der Waals surface area contributed by atoms with E-state index in [1.54, 1.807) is 17.7 Å². The SMILES string of the molecule is Cn1c(C(=O)O)cc2ccc(C(C)(C)C)nc21. The van der Waals surface area contributed by atoms with E-state index in [1.807, 2.05) is 12.1 Å². The molecule has 0 fully saturated rings. The van der Waals surface area contributed by atoms with Crippen LogP contribution >= 0.6 is 0 Å². The van der Waals surface area contributed by atoms with Crippen molar-refractivity contribution < 1.29 is 9.90 Å². The number of aryl methyl sites for hydroxylation is 1. The van der Waals surface area contributed by atoms with Crippen molar-refractivity contribution in [1.82, 2.24) is 9.55 Å². The van der Waals surface area contributed by atoms with Gasteiger partial charge >= 0.3 is 5.97 Å². The topological polar surface area (TPSA) is 55.1 Å². The number of aromatic nitrogens is 2. The van der Waals surface area contributed by atoms with Gasteiger partial charge in [0.15, 0.2) is 0 Å². The number of carbonyl (C=O) groups is 1. The number of aromatic carboxylic acids is 1. The first-order valence-corrected chi connectivity index (χ1v) is 5.51. The van der Waals surface area contributed by atoms with Crippen LogP contribution < -0.4 is 0 Å². The van der Waals surface area contributed by atoms with E-state index in [0.29, 0.717) is 0 Å². The van der Waals surface area contributed by atoms with E-state index in [-0.39, 0.29) is 11.1 Å². The van der Waals surface area contributed by atoms with Crippen LogP contribution in [-0.2, 0) is 12.5 Å². The molecule has 0 spiro atoms. The summed E-state index contributed by atoms with van der Waals surface area (Å²) in [6.45, 7) is 6.26. The molecule has 2 aromatic rings. The van der Waals surface area contributed by atoms with Gasteiger partial charge in [0.05, 0.1) is 0 Å². The maximum atomic E-state index is 11.0. The van der Waals surface area contributed by atoms with Crippen molar-refractivity contribution in [3.63, 3.8) is 0 Å². The molecule has 4 nitrogen and oxygen atoms in total. The van der Waals surface area contributed by atoms with Gasteiger partial charge in [-0.15, -0.1) is 0 Å². The Labute approximate surface area is 99.9 Å². The first-order valence-electron chi connectivity index (χ1n) is 5.51. The molecule has 0 aromatic carbocycles. The Morgan fingerprint density at radius 2 is 2.00 bits per heavy atom. The number of pyridine rings is 1. The molecule has 1 N–H and O–H groups in total. The molecule has 90 valence electrons. The molecule has 2 heterocycles. The van der Waals surface area contributed by atoms with Crippen molar-refractivity contribution >= 4 is 17.0 Å². The van der Waals surface area contributed by atoms with E-state index in [9.17, 15) is 4.79 Å². The fourth-order valence-corrected chi connectivity index (χ4v) is 1.82. The van der Waals surface area contributed by atoms with Gasteiger partial charge in [-0.25, -0.2) is 9.78 Å². The van der Waals surface area contributed by atoms with Gasteiger partial charge in [-0.2, -0.15) is 0 Å². The molecule has 0 radical (unpaired) electrons. The van der Waals surface area contributed by atoms with Crippen LogP contribution in [0.3, 0.4) is 0 Å². The van der Waals surface area contributed by atoms with Gasteiger partial charge in [0.2, 0.25) is 0 Å². The van der Waals surface area contributed by atoms with Crippen molar-refractivity contribution in [2.24, 2.45) is 7.05 Å². The molecule has 0 saturated heterocycles. The fourth-order valence-electron chi connectivity index (χ4n) is 1.82. The number of carboxylic acids is 1. The molecule has 0 aliphatic heterocycles. The number of hydrogen-bond acceptors (Lipinski definition) is 2. The molecule has 0 amide bonds. The Balaban J connectivity index is 2.70. The van der Waals surface area contributed by atoms with Crippen LogP contribution in [0.4, 0.5) is 0 Å². The average molecular weight is 232 g/mol. The van der Waals surface area contributed by atoms with E-state index in [2.05, 4.69) is 25.8 Å². The summed E-state index contributed by atoms with van der Waals surface area (Å²) in [5.41, 5.74) is 1.90. The second kappa shape index (κ2) is 3.58. The van der Waals surface area contributed by atoms with Crippen molar-refractivity contribution in [1.29, 1.82) is 0 Å². The van der Waals surface area contributed by atoms with Gasteiger partial charge in [0, 0.05) is 23.5 Å². The third-order valence-electron chi connectivity index (χ3n) is 2.86. The van der Waals surface area contributed by atoms with Gasteiger partial charge in [0.25, 0.3) is 0 Å². The zero-order chi connectivity index (χ0) is 12.8. The van der Waals surface area contributed by atoms with Gasteiger partial charge in [-0.1, -0.05) is 20.8 Å². The van der Waals surface area contributed by atoms with Crippen LogP contribution in [0.1, 0.15) is 37.0 Å². The number of rotatable bonds is 1. The number of fused-ring (bicyclic) bond motifs is 1. The lowest BCUT2D eigenvalue weighted by atomic mass is 9.91. The second-order valence-electron chi connectivity index (χ2n) is 5.25. The Kier molecular flexibility index (Phi) is 2.45. The van der Waals surface area contributed by atoms with E-state index in [4.69, 9.17) is 5.11 Å². The Morgan fingerprint density at radius 3 is 2.53 bits per heavy atom. The first-order chi connectivity index (χ1) is 7.80. The van der Waals surface area contributed by atoms with E-state index in [1.165, 1.54) is 0 Å². The van der Waals surface area contributed by atoms with E-state index >= 15 is 0 Å². The zero-order valence-corrected chi connectivity index (χ0v) is 10.5. The molecular formula is C13H16N2O2. The average Bonchev–Trinajstić information content (AvgIpc) is 2.54. The lowest BCUT2D eigenvalue weighted by Crippen LogP contribution is -2.13.